The summed E-state index contributed by atoms with van der Waals surface area (Å²) in [5, 5.41) is 46.8. The normalized spacial score (nSPS) is 8.47. The number of carbonyl (C=O) groups is 1. The van der Waals surface area contributed by atoms with Crippen LogP contribution >= 0.6 is 0 Å². The summed E-state index contributed by atoms with van der Waals surface area (Å²) in [4.78, 5) is 10.7. The van der Waals surface area contributed by atoms with Crippen LogP contribution in [0.15, 0.2) is 29.5 Å². The summed E-state index contributed by atoms with van der Waals surface area (Å²) in [7, 11) is 0. The Morgan fingerprint density at radius 2 is 1.79 bits per heavy atom. The minimum absolute atomic E-state index is 0.0181. The van der Waals surface area contributed by atoms with E-state index in [9.17, 15) is 9.90 Å². The number of anilines is 1. The van der Waals surface area contributed by atoms with E-state index < -0.39 is 17.3 Å². The van der Waals surface area contributed by atoms with Crippen molar-refractivity contribution in [1.29, 1.82) is 15.8 Å². The number of hydrogen-bond acceptors (Lipinski definition) is 6. The number of phenols is 1. The van der Waals surface area contributed by atoms with Crippen molar-refractivity contribution in [3.8, 4) is 24.0 Å². The molecule has 0 radical (unpaired) electrons. The van der Waals surface area contributed by atoms with Gasteiger partial charge in [-0.15, -0.1) is 0 Å². The van der Waals surface area contributed by atoms with Crippen LogP contribution in [0.25, 0.3) is 0 Å². The smallest absolute Gasteiger partial charge is 0.335 e. The molecule has 1 rings (SSSR count). The minimum atomic E-state index is -1.22. The van der Waals surface area contributed by atoms with Crippen LogP contribution in [0.2, 0.25) is 0 Å². The molecule has 0 aliphatic rings. The largest absolute Gasteiger partial charge is 0.506 e. The van der Waals surface area contributed by atoms with Crippen molar-refractivity contribution in [2.75, 3.05) is 5.32 Å². The number of carboxylic acid groups (broad SMARTS) is 1. The Balaban J connectivity index is 3.19. The number of benzene rings is 1. The number of nitrogens with one attached hydrogen (secondary N) is 1. The lowest BCUT2D eigenvalue weighted by Crippen LogP contribution is -2.02. The van der Waals surface area contributed by atoms with Crippen molar-refractivity contribution in [1.82, 2.24) is 0 Å². The molecule has 0 saturated carbocycles. The lowest BCUT2D eigenvalue weighted by atomic mass is 10.1. The maximum absolute atomic E-state index is 10.7. The van der Waals surface area contributed by atoms with Gasteiger partial charge in [-0.25, -0.2) is 4.79 Å². The van der Waals surface area contributed by atoms with Crippen LogP contribution in [-0.2, 0) is 0 Å². The van der Waals surface area contributed by atoms with E-state index in [2.05, 4.69) is 5.32 Å². The van der Waals surface area contributed by atoms with Crippen LogP contribution in [0.3, 0.4) is 0 Å². The fourth-order valence-electron chi connectivity index (χ4n) is 1.19. The number of hydrogen-bond donors (Lipinski definition) is 3. The van der Waals surface area contributed by atoms with Crippen LogP contribution in [-0.4, -0.2) is 16.2 Å². The monoisotopic (exact) mass is 254 g/mol. The van der Waals surface area contributed by atoms with Gasteiger partial charge in [-0.2, -0.15) is 15.8 Å². The first kappa shape index (κ1) is 13.6. The summed E-state index contributed by atoms with van der Waals surface area (Å²) in [5.41, 5.74) is -0.886. The zero-order valence-electron chi connectivity index (χ0n) is 9.38. The summed E-state index contributed by atoms with van der Waals surface area (Å²) in [6.45, 7) is 0. The van der Waals surface area contributed by atoms with Crippen LogP contribution in [0.4, 0.5) is 5.69 Å². The van der Waals surface area contributed by atoms with Crippen molar-refractivity contribution < 1.29 is 15.0 Å². The summed E-state index contributed by atoms with van der Waals surface area (Å²) in [6, 6.07) is 8.09. The van der Waals surface area contributed by atoms with Crippen LogP contribution in [0.5, 0.6) is 5.75 Å². The Labute approximate surface area is 107 Å². The van der Waals surface area contributed by atoms with Crippen LogP contribution < -0.4 is 5.32 Å². The summed E-state index contributed by atoms with van der Waals surface area (Å²) in [5.74, 6) is -1.63. The first-order valence-corrected chi connectivity index (χ1v) is 4.81. The van der Waals surface area contributed by atoms with Gasteiger partial charge in [0.05, 0.1) is 11.3 Å². The van der Waals surface area contributed by atoms with Gasteiger partial charge in [-0.05, 0) is 18.2 Å². The third kappa shape index (κ3) is 3.00. The number of nitrogens with zero attached hydrogens (tertiary/aromatic N) is 3. The average Bonchev–Trinajstić information content (AvgIpc) is 2.40. The molecular weight excluding hydrogens is 248 g/mol. The molecule has 0 aromatic heterocycles. The van der Waals surface area contributed by atoms with Gasteiger partial charge in [0.25, 0.3) is 0 Å². The van der Waals surface area contributed by atoms with Gasteiger partial charge in [-0.1, -0.05) is 0 Å². The molecular formula is C12H6N4O3. The highest BCUT2D eigenvalue weighted by molar-refractivity contribution is 5.89. The standard InChI is InChI=1S/C12H6N4O3/c13-4-8(5-14)10(6-15)16-9-2-1-7(12(18)19)3-11(9)17/h1-3,16-17H,(H,18,19). The Morgan fingerprint density at radius 1 is 1.16 bits per heavy atom. The molecule has 0 aliphatic carbocycles. The second kappa shape index (κ2) is 5.72. The Hall–Kier alpha value is -3.50. The molecule has 0 amide bonds. The van der Waals surface area contributed by atoms with E-state index in [1.54, 1.807) is 6.07 Å². The van der Waals surface area contributed by atoms with E-state index in [0.29, 0.717) is 0 Å². The number of rotatable bonds is 3. The zero-order chi connectivity index (χ0) is 14.4. The summed E-state index contributed by atoms with van der Waals surface area (Å²) >= 11 is 0. The van der Waals surface area contributed by atoms with Crippen molar-refractivity contribution in [3.05, 3.63) is 35.0 Å². The molecule has 7 nitrogen and oxygen atoms in total. The van der Waals surface area contributed by atoms with Crippen LogP contribution in [0, 0.1) is 34.0 Å². The summed E-state index contributed by atoms with van der Waals surface area (Å²) < 4.78 is 0. The highest BCUT2D eigenvalue weighted by Crippen LogP contribution is 2.26. The van der Waals surface area contributed by atoms with Gasteiger partial charge in [0, 0.05) is 0 Å². The number of nitriles is 3. The lowest BCUT2D eigenvalue weighted by molar-refractivity contribution is 0.0696. The van der Waals surface area contributed by atoms with Gasteiger partial charge >= 0.3 is 5.97 Å². The maximum atomic E-state index is 10.7. The number of aromatic carboxylic acids is 1. The average molecular weight is 254 g/mol. The fraction of sp³-hybridized carbons (Fsp3) is 0. The third-order valence-electron chi connectivity index (χ3n) is 2.09. The third-order valence-corrected chi connectivity index (χ3v) is 2.09. The minimum Gasteiger partial charge on any atom is -0.506 e. The number of phenolic OH excluding ortho intramolecular Hbond substituents is 1. The Kier molecular flexibility index (Phi) is 4.08. The van der Waals surface area contributed by atoms with E-state index >= 15 is 0 Å². The second-order valence-corrected chi connectivity index (χ2v) is 3.25. The van der Waals surface area contributed by atoms with E-state index in [0.717, 1.165) is 6.07 Å². The quantitative estimate of drug-likeness (QED) is 0.545. The summed E-state index contributed by atoms with van der Waals surface area (Å²) in [6.07, 6.45) is 0. The fourth-order valence-corrected chi connectivity index (χ4v) is 1.19. The second-order valence-electron chi connectivity index (χ2n) is 3.25. The van der Waals surface area contributed by atoms with E-state index in [1.165, 1.54) is 24.3 Å². The molecule has 0 heterocycles. The van der Waals surface area contributed by atoms with Gasteiger partial charge in [0.15, 0.2) is 5.57 Å². The molecule has 0 unspecified atom stereocenters. The van der Waals surface area contributed by atoms with E-state index in [1.807, 2.05) is 0 Å². The maximum Gasteiger partial charge on any atom is 0.335 e. The lowest BCUT2D eigenvalue weighted by Gasteiger charge is -2.07. The van der Waals surface area contributed by atoms with Crippen molar-refractivity contribution in [2.24, 2.45) is 0 Å². The number of allylic oxidation sites excluding steroid dienone is 2. The first-order valence-electron chi connectivity index (χ1n) is 4.81. The Bertz CT molecular complexity index is 670. The molecule has 1 aromatic carbocycles. The van der Waals surface area contributed by atoms with Gasteiger partial charge < -0.3 is 15.5 Å². The molecule has 1 aromatic rings. The number of carboxylic acids is 1. The topological polar surface area (TPSA) is 141 Å². The molecule has 19 heavy (non-hydrogen) atoms. The molecule has 0 fully saturated rings. The predicted octanol–water partition coefficient (Wildman–Crippen LogP) is 1.33. The predicted molar refractivity (Wildman–Crippen MR) is 62.6 cm³/mol. The molecule has 0 spiro atoms. The molecule has 0 aliphatic heterocycles. The van der Waals surface area contributed by atoms with Crippen molar-refractivity contribution in [2.45, 2.75) is 0 Å². The Morgan fingerprint density at radius 3 is 2.21 bits per heavy atom. The van der Waals surface area contributed by atoms with Crippen LogP contribution in [0.1, 0.15) is 10.4 Å². The molecule has 7 heteroatoms. The van der Waals surface area contributed by atoms with Gasteiger partial charge in [-0.3, -0.25) is 0 Å². The van der Waals surface area contributed by atoms with E-state index in [-0.39, 0.29) is 16.9 Å². The molecule has 0 saturated heterocycles. The van der Waals surface area contributed by atoms with Gasteiger partial charge in [0.2, 0.25) is 0 Å². The molecule has 0 bridgehead atoms. The highest BCUT2D eigenvalue weighted by Gasteiger charge is 2.11. The van der Waals surface area contributed by atoms with Crippen molar-refractivity contribution >= 4 is 11.7 Å². The number of aromatic hydroxyl groups is 1. The highest BCUT2D eigenvalue weighted by atomic mass is 16.4. The van der Waals surface area contributed by atoms with Crippen molar-refractivity contribution in [3.63, 3.8) is 0 Å². The van der Waals surface area contributed by atoms with Gasteiger partial charge in [0.1, 0.15) is 29.7 Å². The molecule has 0 atom stereocenters. The first-order chi connectivity index (χ1) is 9.03. The van der Waals surface area contributed by atoms with E-state index in [4.69, 9.17) is 20.9 Å². The molecule has 92 valence electrons. The SMILES string of the molecule is N#CC(C#N)=C(C#N)Nc1ccc(C(=O)O)cc1O. The molecule has 3 N–H and O–H groups in total. The zero-order valence-corrected chi connectivity index (χ0v) is 9.38.